The molecule has 0 spiro atoms. The standard InChI is InChI=1S/C12H10N4O3/c17-7-9-1-2-11(12(5-9)16(18)19)14-6-10-3-4-13-8-15-10/h1-5,7-8,14H,6H2. The molecule has 2 rings (SSSR count). The number of nitrogens with zero attached hydrogens (tertiary/aromatic N) is 3. The summed E-state index contributed by atoms with van der Waals surface area (Å²) in [4.78, 5) is 28.8. The highest BCUT2D eigenvalue weighted by molar-refractivity contribution is 5.79. The topological polar surface area (TPSA) is 98.0 Å². The second kappa shape index (κ2) is 5.67. The van der Waals surface area contributed by atoms with Crippen molar-refractivity contribution in [1.29, 1.82) is 0 Å². The Balaban J connectivity index is 2.20. The number of nitro benzene ring substituents is 1. The minimum Gasteiger partial charge on any atom is -0.374 e. The van der Waals surface area contributed by atoms with E-state index < -0.39 is 4.92 Å². The van der Waals surface area contributed by atoms with Crippen LogP contribution >= 0.6 is 0 Å². The molecule has 1 N–H and O–H groups in total. The molecule has 0 aliphatic rings. The van der Waals surface area contributed by atoms with E-state index in [0.29, 0.717) is 24.2 Å². The molecule has 96 valence electrons. The molecular formula is C12H10N4O3. The maximum absolute atomic E-state index is 10.9. The van der Waals surface area contributed by atoms with Crippen LogP contribution in [0, 0.1) is 10.1 Å². The zero-order valence-electron chi connectivity index (χ0n) is 9.81. The van der Waals surface area contributed by atoms with E-state index in [2.05, 4.69) is 15.3 Å². The smallest absolute Gasteiger partial charge is 0.293 e. The van der Waals surface area contributed by atoms with Crippen LogP contribution in [0.25, 0.3) is 0 Å². The lowest BCUT2D eigenvalue weighted by molar-refractivity contribution is -0.384. The maximum Gasteiger partial charge on any atom is 0.293 e. The van der Waals surface area contributed by atoms with Crippen LogP contribution in [0.3, 0.4) is 0 Å². The Morgan fingerprint density at radius 2 is 2.21 bits per heavy atom. The van der Waals surface area contributed by atoms with Gasteiger partial charge in [0, 0.05) is 17.8 Å². The first kappa shape index (κ1) is 12.6. The van der Waals surface area contributed by atoms with Crippen LogP contribution in [0.4, 0.5) is 11.4 Å². The van der Waals surface area contributed by atoms with E-state index in [9.17, 15) is 14.9 Å². The van der Waals surface area contributed by atoms with Crippen molar-refractivity contribution in [2.24, 2.45) is 0 Å². The average Bonchev–Trinajstić information content (AvgIpc) is 2.46. The van der Waals surface area contributed by atoms with Crippen LogP contribution < -0.4 is 5.32 Å². The number of rotatable bonds is 5. The van der Waals surface area contributed by atoms with Crippen LogP contribution in [0.5, 0.6) is 0 Å². The summed E-state index contributed by atoms with van der Waals surface area (Å²) >= 11 is 0. The number of carbonyl (C=O) groups is 1. The van der Waals surface area contributed by atoms with E-state index in [0.717, 1.165) is 0 Å². The lowest BCUT2D eigenvalue weighted by Crippen LogP contribution is -2.04. The van der Waals surface area contributed by atoms with Gasteiger partial charge in [0.05, 0.1) is 17.2 Å². The first-order chi connectivity index (χ1) is 9.20. The molecule has 1 heterocycles. The third-order valence-electron chi connectivity index (χ3n) is 2.46. The summed E-state index contributed by atoms with van der Waals surface area (Å²) in [6.45, 7) is 0.337. The molecule has 0 aliphatic heterocycles. The van der Waals surface area contributed by atoms with Crippen LogP contribution in [-0.2, 0) is 6.54 Å². The molecule has 19 heavy (non-hydrogen) atoms. The summed E-state index contributed by atoms with van der Waals surface area (Å²) < 4.78 is 0. The quantitative estimate of drug-likeness (QED) is 0.499. The zero-order valence-corrected chi connectivity index (χ0v) is 9.81. The molecule has 0 atom stereocenters. The molecule has 0 saturated heterocycles. The number of nitro groups is 1. The lowest BCUT2D eigenvalue weighted by Gasteiger charge is -2.06. The second-order valence-electron chi connectivity index (χ2n) is 3.71. The number of hydrogen-bond donors (Lipinski definition) is 1. The van der Waals surface area contributed by atoms with Gasteiger partial charge in [-0.3, -0.25) is 14.9 Å². The average molecular weight is 258 g/mol. The number of aldehydes is 1. The van der Waals surface area contributed by atoms with E-state index >= 15 is 0 Å². The third kappa shape index (κ3) is 3.09. The summed E-state index contributed by atoms with van der Waals surface area (Å²) in [5, 5.41) is 13.8. The number of benzene rings is 1. The Bertz CT molecular complexity index is 601. The van der Waals surface area contributed by atoms with Gasteiger partial charge in [-0.1, -0.05) is 0 Å². The van der Waals surface area contributed by atoms with Gasteiger partial charge in [0.25, 0.3) is 5.69 Å². The Hall–Kier alpha value is -2.83. The zero-order chi connectivity index (χ0) is 13.7. The van der Waals surface area contributed by atoms with Crippen molar-refractivity contribution < 1.29 is 9.72 Å². The molecule has 0 unspecified atom stereocenters. The number of nitrogens with one attached hydrogen (secondary N) is 1. The molecule has 0 aliphatic carbocycles. The van der Waals surface area contributed by atoms with Gasteiger partial charge < -0.3 is 5.32 Å². The fourth-order valence-electron chi connectivity index (χ4n) is 1.53. The Morgan fingerprint density at radius 1 is 1.37 bits per heavy atom. The summed E-state index contributed by atoms with van der Waals surface area (Å²) in [5.74, 6) is 0. The molecule has 0 bridgehead atoms. The normalized spacial score (nSPS) is 9.89. The van der Waals surface area contributed by atoms with Crippen LogP contribution in [0.2, 0.25) is 0 Å². The second-order valence-corrected chi connectivity index (χ2v) is 3.71. The number of carbonyl (C=O) groups excluding carboxylic acids is 1. The van der Waals surface area contributed by atoms with Gasteiger partial charge in [0.2, 0.25) is 0 Å². The van der Waals surface area contributed by atoms with Crippen molar-refractivity contribution in [3.8, 4) is 0 Å². The largest absolute Gasteiger partial charge is 0.374 e. The van der Waals surface area contributed by atoms with Crippen LogP contribution in [-0.4, -0.2) is 21.2 Å². The van der Waals surface area contributed by atoms with E-state index in [1.807, 2.05) is 0 Å². The summed E-state index contributed by atoms with van der Waals surface area (Å²) in [6.07, 6.45) is 3.57. The van der Waals surface area contributed by atoms with Crippen molar-refractivity contribution >= 4 is 17.7 Å². The Labute approximate surface area is 108 Å². The van der Waals surface area contributed by atoms with Crippen molar-refractivity contribution in [2.45, 2.75) is 6.54 Å². The number of aromatic nitrogens is 2. The van der Waals surface area contributed by atoms with Crippen LogP contribution in [0.1, 0.15) is 16.1 Å². The van der Waals surface area contributed by atoms with Gasteiger partial charge in [-0.2, -0.15) is 0 Å². The van der Waals surface area contributed by atoms with Crippen LogP contribution in [0.15, 0.2) is 36.8 Å². The third-order valence-corrected chi connectivity index (χ3v) is 2.46. The van der Waals surface area contributed by atoms with Crippen molar-refractivity contribution in [2.75, 3.05) is 5.32 Å². The predicted octanol–water partition coefficient (Wildman–Crippen LogP) is 1.81. The molecule has 1 aromatic carbocycles. The highest BCUT2D eigenvalue weighted by Crippen LogP contribution is 2.25. The van der Waals surface area contributed by atoms with E-state index in [4.69, 9.17) is 0 Å². The van der Waals surface area contributed by atoms with Gasteiger partial charge >= 0.3 is 0 Å². The fourth-order valence-corrected chi connectivity index (χ4v) is 1.53. The van der Waals surface area contributed by atoms with Gasteiger partial charge in [-0.05, 0) is 18.2 Å². The van der Waals surface area contributed by atoms with Gasteiger partial charge in [0.1, 0.15) is 18.3 Å². The molecule has 2 aromatic rings. The first-order valence-corrected chi connectivity index (χ1v) is 5.43. The summed E-state index contributed by atoms with van der Waals surface area (Å²) in [6, 6.07) is 5.96. The molecule has 0 radical (unpaired) electrons. The van der Waals surface area contributed by atoms with E-state index in [1.54, 1.807) is 12.3 Å². The van der Waals surface area contributed by atoms with E-state index in [1.165, 1.54) is 24.5 Å². The molecule has 7 nitrogen and oxygen atoms in total. The van der Waals surface area contributed by atoms with Crippen molar-refractivity contribution in [1.82, 2.24) is 9.97 Å². The van der Waals surface area contributed by atoms with Gasteiger partial charge in [-0.25, -0.2) is 9.97 Å². The molecule has 0 fully saturated rings. The number of hydrogen-bond acceptors (Lipinski definition) is 6. The van der Waals surface area contributed by atoms with Gasteiger partial charge in [0.15, 0.2) is 0 Å². The molecule has 0 saturated carbocycles. The van der Waals surface area contributed by atoms with Crippen molar-refractivity contribution in [3.05, 3.63) is 58.2 Å². The maximum atomic E-state index is 10.9. The Kier molecular flexibility index (Phi) is 3.77. The molecule has 7 heteroatoms. The predicted molar refractivity (Wildman–Crippen MR) is 67.8 cm³/mol. The first-order valence-electron chi connectivity index (χ1n) is 5.43. The fraction of sp³-hybridized carbons (Fsp3) is 0.0833. The monoisotopic (exact) mass is 258 g/mol. The highest BCUT2D eigenvalue weighted by atomic mass is 16.6. The summed E-state index contributed by atoms with van der Waals surface area (Å²) in [7, 11) is 0. The number of anilines is 1. The summed E-state index contributed by atoms with van der Waals surface area (Å²) in [5.41, 5.74) is 1.18. The Morgan fingerprint density at radius 3 is 2.84 bits per heavy atom. The minimum absolute atomic E-state index is 0.140. The molecule has 0 amide bonds. The SMILES string of the molecule is O=Cc1ccc(NCc2ccncn2)c([N+](=O)[O-])c1. The van der Waals surface area contributed by atoms with Gasteiger partial charge in [-0.15, -0.1) is 0 Å². The molecule has 1 aromatic heterocycles. The van der Waals surface area contributed by atoms with E-state index in [-0.39, 0.29) is 11.3 Å². The van der Waals surface area contributed by atoms with Crippen molar-refractivity contribution in [3.63, 3.8) is 0 Å². The minimum atomic E-state index is -0.532. The highest BCUT2D eigenvalue weighted by Gasteiger charge is 2.14. The lowest BCUT2D eigenvalue weighted by atomic mass is 10.2. The molecular weight excluding hydrogens is 248 g/mol.